The van der Waals surface area contributed by atoms with Gasteiger partial charge in [0, 0.05) is 0 Å². The summed E-state index contributed by atoms with van der Waals surface area (Å²) in [6, 6.07) is 0. The summed E-state index contributed by atoms with van der Waals surface area (Å²) in [6.07, 6.45) is 3.58. The molecule has 1 aliphatic heterocycles. The number of azo groups is 1. The van der Waals surface area contributed by atoms with E-state index in [0.29, 0.717) is 0 Å². The van der Waals surface area contributed by atoms with Crippen molar-refractivity contribution in [3.05, 3.63) is 6.54 Å². The van der Waals surface area contributed by atoms with Gasteiger partial charge < -0.3 is 0 Å². The molecule has 2 nitrogen and oxygen atoms in total. The summed E-state index contributed by atoms with van der Waals surface area (Å²) in [5.41, 5.74) is 0. The van der Waals surface area contributed by atoms with Crippen LogP contribution in [0.3, 0.4) is 0 Å². The van der Waals surface area contributed by atoms with E-state index in [9.17, 15) is 0 Å². The summed E-state index contributed by atoms with van der Waals surface area (Å²) < 4.78 is 0. The maximum Gasteiger partial charge on any atom is 0.0949 e. The molecular formula is C5H9N2. The largest absolute Gasteiger partial charge is 0.194 e. The summed E-state index contributed by atoms with van der Waals surface area (Å²) in [6.45, 7) is 2.81. The van der Waals surface area contributed by atoms with Gasteiger partial charge in [-0.15, -0.1) is 0 Å². The van der Waals surface area contributed by atoms with E-state index in [1.807, 2.05) is 6.54 Å². The third-order valence-electron chi connectivity index (χ3n) is 1.00. The molecule has 0 aromatic heterocycles. The number of nitrogens with zero attached hydrogens (tertiary/aromatic N) is 2. The van der Waals surface area contributed by atoms with E-state index < -0.39 is 0 Å². The molecule has 0 aromatic rings. The van der Waals surface area contributed by atoms with Gasteiger partial charge >= 0.3 is 0 Å². The molecule has 0 bridgehead atoms. The van der Waals surface area contributed by atoms with Gasteiger partial charge in [-0.05, 0) is 19.3 Å². The molecule has 0 amide bonds. The highest BCUT2D eigenvalue weighted by molar-refractivity contribution is 4.62. The lowest BCUT2D eigenvalue weighted by molar-refractivity contribution is 0.767. The molecule has 0 fully saturated rings. The second-order valence-corrected chi connectivity index (χ2v) is 1.66. The van der Waals surface area contributed by atoms with Crippen LogP contribution in [0.15, 0.2) is 10.2 Å². The quantitative estimate of drug-likeness (QED) is 0.440. The van der Waals surface area contributed by atoms with Crippen LogP contribution in [-0.2, 0) is 0 Å². The molecule has 0 aromatic carbocycles. The Hall–Kier alpha value is -0.400. The minimum atomic E-state index is 0.927. The third-order valence-corrected chi connectivity index (χ3v) is 1.00. The second kappa shape index (κ2) is 2.72. The lowest BCUT2D eigenvalue weighted by Gasteiger charge is -1.83. The van der Waals surface area contributed by atoms with Crippen LogP contribution in [0.5, 0.6) is 0 Å². The standard InChI is InChI=1S/C5H9N2/c1-2-4-6-7-5-3-1/h4H,1-3,5H2. The van der Waals surface area contributed by atoms with Crippen molar-refractivity contribution in [2.24, 2.45) is 10.2 Å². The maximum atomic E-state index is 3.84. The highest BCUT2D eigenvalue weighted by atomic mass is 15.1. The first kappa shape index (κ1) is 4.75. The Bertz CT molecular complexity index is 60.5. The zero-order valence-corrected chi connectivity index (χ0v) is 4.30. The predicted octanol–water partition coefficient (Wildman–Crippen LogP) is 1.78. The molecule has 1 radical (unpaired) electrons. The van der Waals surface area contributed by atoms with E-state index in [4.69, 9.17) is 0 Å². The molecule has 1 rings (SSSR count). The van der Waals surface area contributed by atoms with Crippen molar-refractivity contribution in [1.29, 1.82) is 0 Å². The first-order valence-corrected chi connectivity index (χ1v) is 2.68. The van der Waals surface area contributed by atoms with Crippen molar-refractivity contribution < 1.29 is 0 Å². The molecule has 0 aliphatic carbocycles. The number of hydrogen-bond donors (Lipinski definition) is 0. The van der Waals surface area contributed by atoms with Crippen molar-refractivity contribution in [2.75, 3.05) is 6.54 Å². The van der Waals surface area contributed by atoms with Gasteiger partial charge in [0.05, 0.1) is 13.1 Å². The first-order chi connectivity index (χ1) is 3.50. The van der Waals surface area contributed by atoms with Gasteiger partial charge in [0.2, 0.25) is 0 Å². The molecule has 1 heterocycles. The summed E-state index contributed by atoms with van der Waals surface area (Å²) in [7, 11) is 0. The topological polar surface area (TPSA) is 24.7 Å². The molecule has 0 saturated carbocycles. The lowest BCUT2D eigenvalue weighted by Crippen LogP contribution is -1.73. The van der Waals surface area contributed by atoms with Gasteiger partial charge in [-0.1, -0.05) is 0 Å². The van der Waals surface area contributed by atoms with E-state index in [0.717, 1.165) is 13.0 Å². The van der Waals surface area contributed by atoms with Gasteiger partial charge in [0.15, 0.2) is 0 Å². The van der Waals surface area contributed by atoms with Crippen molar-refractivity contribution in [2.45, 2.75) is 19.3 Å². The monoisotopic (exact) mass is 97.1 g/mol. The highest BCUT2D eigenvalue weighted by Crippen LogP contribution is 2.04. The minimum absolute atomic E-state index is 0.927. The van der Waals surface area contributed by atoms with Crippen LogP contribution in [0.2, 0.25) is 0 Å². The first-order valence-electron chi connectivity index (χ1n) is 2.68. The van der Waals surface area contributed by atoms with Crippen LogP contribution in [0.4, 0.5) is 0 Å². The Labute approximate surface area is 43.6 Å². The molecule has 0 N–H and O–H groups in total. The normalized spacial score (nSPS) is 21.7. The second-order valence-electron chi connectivity index (χ2n) is 1.66. The van der Waals surface area contributed by atoms with Crippen LogP contribution < -0.4 is 0 Å². The fourth-order valence-electron chi connectivity index (χ4n) is 0.591. The summed E-state index contributed by atoms with van der Waals surface area (Å²) in [5.74, 6) is 0. The van der Waals surface area contributed by atoms with E-state index in [2.05, 4.69) is 10.2 Å². The van der Waals surface area contributed by atoms with Crippen molar-refractivity contribution in [3.63, 3.8) is 0 Å². The number of hydrogen-bond acceptors (Lipinski definition) is 2. The number of rotatable bonds is 0. The van der Waals surface area contributed by atoms with Gasteiger partial charge in [0.1, 0.15) is 0 Å². The van der Waals surface area contributed by atoms with E-state index in [-0.39, 0.29) is 0 Å². The Morgan fingerprint density at radius 2 is 2.29 bits per heavy atom. The fourth-order valence-corrected chi connectivity index (χ4v) is 0.591. The summed E-state index contributed by atoms with van der Waals surface area (Å²) >= 11 is 0. The van der Waals surface area contributed by atoms with E-state index in [1.165, 1.54) is 12.8 Å². The average Bonchev–Trinajstić information content (AvgIpc) is 1.90. The van der Waals surface area contributed by atoms with Gasteiger partial charge in [-0.25, -0.2) is 0 Å². The molecule has 39 valence electrons. The molecule has 1 aliphatic rings. The summed E-state index contributed by atoms with van der Waals surface area (Å²) in [4.78, 5) is 0. The molecule has 0 saturated heterocycles. The van der Waals surface area contributed by atoms with E-state index in [1.54, 1.807) is 0 Å². The predicted molar refractivity (Wildman–Crippen MR) is 27.9 cm³/mol. The smallest absolute Gasteiger partial charge is 0.0949 e. The average molecular weight is 97.1 g/mol. The Kier molecular flexibility index (Phi) is 1.85. The minimum Gasteiger partial charge on any atom is -0.194 e. The van der Waals surface area contributed by atoms with E-state index >= 15 is 0 Å². The maximum absolute atomic E-state index is 3.84. The van der Waals surface area contributed by atoms with Gasteiger partial charge in [-0.3, -0.25) is 0 Å². The van der Waals surface area contributed by atoms with Crippen LogP contribution in [0.1, 0.15) is 19.3 Å². The highest BCUT2D eigenvalue weighted by Gasteiger charge is 1.91. The zero-order chi connectivity index (χ0) is 4.95. The van der Waals surface area contributed by atoms with Crippen molar-refractivity contribution in [3.8, 4) is 0 Å². The fraction of sp³-hybridized carbons (Fsp3) is 0.800. The molecular weight excluding hydrogens is 88.1 g/mol. The van der Waals surface area contributed by atoms with Gasteiger partial charge in [-0.2, -0.15) is 10.2 Å². The zero-order valence-electron chi connectivity index (χ0n) is 4.30. The lowest BCUT2D eigenvalue weighted by atomic mass is 10.2. The van der Waals surface area contributed by atoms with Crippen LogP contribution in [0.25, 0.3) is 0 Å². The van der Waals surface area contributed by atoms with Crippen LogP contribution in [0, 0.1) is 6.54 Å². The summed E-state index contributed by atoms with van der Waals surface area (Å²) in [5, 5.41) is 7.61. The van der Waals surface area contributed by atoms with Gasteiger partial charge in [0.25, 0.3) is 0 Å². The molecule has 0 spiro atoms. The van der Waals surface area contributed by atoms with Crippen molar-refractivity contribution in [1.82, 2.24) is 0 Å². The molecule has 0 atom stereocenters. The molecule has 0 unspecified atom stereocenters. The Morgan fingerprint density at radius 1 is 1.29 bits per heavy atom. The Balaban J connectivity index is 2.20. The molecule has 7 heavy (non-hydrogen) atoms. The third kappa shape index (κ3) is 1.67. The Morgan fingerprint density at radius 3 is 3.29 bits per heavy atom. The van der Waals surface area contributed by atoms with Crippen LogP contribution in [-0.4, -0.2) is 6.54 Å². The van der Waals surface area contributed by atoms with Crippen LogP contribution >= 0.6 is 0 Å². The molecule has 2 heteroatoms. The SMILES string of the molecule is [CH]1CCCCN=N1. The van der Waals surface area contributed by atoms with Crippen molar-refractivity contribution >= 4 is 0 Å².